The van der Waals surface area contributed by atoms with Gasteiger partial charge in [-0.3, -0.25) is 9.78 Å². The van der Waals surface area contributed by atoms with Crippen LogP contribution in [0.5, 0.6) is 0 Å². The Bertz CT molecular complexity index is 572. The first kappa shape index (κ1) is 14.5. The maximum atomic E-state index is 12.4. The van der Waals surface area contributed by atoms with Crippen molar-refractivity contribution < 1.29 is 4.79 Å². The van der Waals surface area contributed by atoms with Gasteiger partial charge in [-0.05, 0) is 49.2 Å². The van der Waals surface area contributed by atoms with Crippen LogP contribution in [0.4, 0.5) is 0 Å². The molecule has 0 spiro atoms. The summed E-state index contributed by atoms with van der Waals surface area (Å²) in [5.74, 6) is 0.0176. The van der Waals surface area contributed by atoms with Crippen molar-refractivity contribution in [3.8, 4) is 0 Å². The second-order valence-electron chi connectivity index (χ2n) is 4.50. The van der Waals surface area contributed by atoms with Gasteiger partial charge in [-0.1, -0.05) is 17.7 Å². The predicted molar refractivity (Wildman–Crippen MR) is 81.0 cm³/mol. The molecule has 20 heavy (non-hydrogen) atoms. The van der Waals surface area contributed by atoms with E-state index >= 15 is 0 Å². The quantitative estimate of drug-likeness (QED) is 0.844. The van der Waals surface area contributed by atoms with Gasteiger partial charge in [-0.25, -0.2) is 0 Å². The molecule has 0 atom stereocenters. The second-order valence-corrected chi connectivity index (χ2v) is 4.94. The van der Waals surface area contributed by atoms with Crippen LogP contribution >= 0.6 is 11.6 Å². The van der Waals surface area contributed by atoms with E-state index in [9.17, 15) is 4.79 Å². The molecular weight excluding hydrogens is 272 g/mol. The summed E-state index contributed by atoms with van der Waals surface area (Å²) in [5.41, 5.74) is 1.81. The first-order chi connectivity index (χ1) is 9.70. The number of nitrogens with zero attached hydrogens (tertiary/aromatic N) is 2. The predicted octanol–water partition coefficient (Wildman–Crippen LogP) is 3.44. The highest BCUT2D eigenvalue weighted by molar-refractivity contribution is 6.30. The molecule has 3 nitrogen and oxygen atoms in total. The van der Waals surface area contributed by atoms with Crippen molar-refractivity contribution in [1.29, 1.82) is 0 Å². The molecule has 2 rings (SSSR count). The van der Waals surface area contributed by atoms with E-state index in [1.165, 1.54) is 5.56 Å². The normalized spacial score (nSPS) is 10.3. The Balaban J connectivity index is 2.03. The van der Waals surface area contributed by atoms with E-state index in [0.717, 1.165) is 6.42 Å². The van der Waals surface area contributed by atoms with Crippen LogP contribution in [0.3, 0.4) is 0 Å². The minimum Gasteiger partial charge on any atom is -0.339 e. The van der Waals surface area contributed by atoms with Crippen molar-refractivity contribution in [2.45, 2.75) is 13.3 Å². The number of hydrogen-bond donors (Lipinski definition) is 0. The van der Waals surface area contributed by atoms with Gasteiger partial charge in [0, 0.05) is 36.1 Å². The van der Waals surface area contributed by atoms with Gasteiger partial charge in [0.15, 0.2) is 0 Å². The van der Waals surface area contributed by atoms with E-state index in [-0.39, 0.29) is 5.91 Å². The first-order valence-electron chi connectivity index (χ1n) is 6.64. The molecule has 1 heterocycles. The minimum atomic E-state index is 0.0176. The number of likely N-dealkylation sites (N-methyl/N-ethyl adjacent to an activating group) is 1. The van der Waals surface area contributed by atoms with E-state index in [1.54, 1.807) is 36.7 Å². The number of rotatable bonds is 5. The Labute approximate surface area is 124 Å². The fraction of sp³-hybridized carbons (Fsp3) is 0.250. The van der Waals surface area contributed by atoms with Crippen LogP contribution < -0.4 is 0 Å². The molecule has 1 aromatic carbocycles. The maximum Gasteiger partial charge on any atom is 0.253 e. The van der Waals surface area contributed by atoms with Crippen LogP contribution in [-0.2, 0) is 6.42 Å². The Kier molecular flexibility index (Phi) is 5.13. The van der Waals surface area contributed by atoms with Crippen molar-refractivity contribution in [3.63, 3.8) is 0 Å². The summed E-state index contributed by atoms with van der Waals surface area (Å²) in [7, 11) is 0. The molecule has 0 saturated carbocycles. The monoisotopic (exact) mass is 288 g/mol. The summed E-state index contributed by atoms with van der Waals surface area (Å²) in [4.78, 5) is 18.2. The van der Waals surface area contributed by atoms with Crippen molar-refractivity contribution in [2.75, 3.05) is 13.1 Å². The molecule has 0 unspecified atom stereocenters. The van der Waals surface area contributed by atoms with Crippen molar-refractivity contribution >= 4 is 17.5 Å². The lowest BCUT2D eigenvalue weighted by Crippen LogP contribution is -2.32. The fourth-order valence-electron chi connectivity index (χ4n) is 2.02. The fourth-order valence-corrected chi connectivity index (χ4v) is 2.21. The van der Waals surface area contributed by atoms with E-state index in [2.05, 4.69) is 4.98 Å². The number of pyridine rings is 1. The Morgan fingerprint density at radius 1 is 1.25 bits per heavy atom. The average Bonchev–Trinajstić information content (AvgIpc) is 2.48. The van der Waals surface area contributed by atoms with Gasteiger partial charge < -0.3 is 4.90 Å². The molecule has 0 N–H and O–H groups in total. The van der Waals surface area contributed by atoms with Gasteiger partial charge in [0.2, 0.25) is 0 Å². The molecule has 0 bridgehead atoms. The highest BCUT2D eigenvalue weighted by atomic mass is 35.5. The number of aromatic nitrogens is 1. The van der Waals surface area contributed by atoms with Gasteiger partial charge in [0.05, 0.1) is 0 Å². The third-order valence-corrected chi connectivity index (χ3v) is 3.40. The average molecular weight is 289 g/mol. The van der Waals surface area contributed by atoms with Crippen molar-refractivity contribution in [3.05, 3.63) is 64.9 Å². The van der Waals surface area contributed by atoms with Gasteiger partial charge >= 0.3 is 0 Å². The number of carbonyl (C=O) groups is 1. The highest BCUT2D eigenvalue weighted by Gasteiger charge is 2.14. The van der Waals surface area contributed by atoms with Crippen LogP contribution in [0.2, 0.25) is 5.02 Å². The smallest absolute Gasteiger partial charge is 0.253 e. The Hall–Kier alpha value is -1.87. The van der Waals surface area contributed by atoms with Crippen LogP contribution in [0.1, 0.15) is 22.8 Å². The lowest BCUT2D eigenvalue weighted by atomic mass is 10.1. The van der Waals surface area contributed by atoms with Crippen LogP contribution in [0.15, 0.2) is 48.8 Å². The molecule has 2 aromatic rings. The standard InChI is InChI=1S/C16H17ClN2O/c1-2-19(11-8-13-6-9-18-10-7-13)16(20)14-4-3-5-15(17)12-14/h3-7,9-10,12H,2,8,11H2,1H3. The molecule has 0 aliphatic rings. The zero-order valence-corrected chi connectivity index (χ0v) is 12.2. The summed E-state index contributed by atoms with van der Waals surface area (Å²) in [6.45, 7) is 3.34. The molecule has 1 aromatic heterocycles. The zero-order valence-electron chi connectivity index (χ0n) is 11.4. The largest absolute Gasteiger partial charge is 0.339 e. The van der Waals surface area contributed by atoms with Crippen LogP contribution in [-0.4, -0.2) is 28.9 Å². The van der Waals surface area contributed by atoms with Gasteiger partial charge in [0.1, 0.15) is 0 Å². The second kappa shape index (κ2) is 7.06. The summed E-state index contributed by atoms with van der Waals surface area (Å²) >= 11 is 5.93. The molecule has 0 aliphatic carbocycles. The van der Waals surface area contributed by atoms with Gasteiger partial charge in [-0.2, -0.15) is 0 Å². The molecule has 0 saturated heterocycles. The van der Waals surface area contributed by atoms with Crippen molar-refractivity contribution in [2.24, 2.45) is 0 Å². The lowest BCUT2D eigenvalue weighted by molar-refractivity contribution is 0.0766. The van der Waals surface area contributed by atoms with Crippen molar-refractivity contribution in [1.82, 2.24) is 9.88 Å². The zero-order chi connectivity index (χ0) is 14.4. The lowest BCUT2D eigenvalue weighted by Gasteiger charge is -2.21. The number of benzene rings is 1. The Morgan fingerprint density at radius 3 is 2.65 bits per heavy atom. The molecule has 1 amide bonds. The first-order valence-corrected chi connectivity index (χ1v) is 7.02. The number of amides is 1. The third-order valence-electron chi connectivity index (χ3n) is 3.16. The summed E-state index contributed by atoms with van der Waals surface area (Å²) < 4.78 is 0. The highest BCUT2D eigenvalue weighted by Crippen LogP contribution is 2.13. The third kappa shape index (κ3) is 3.81. The summed E-state index contributed by atoms with van der Waals surface area (Å²) in [5, 5.41) is 0.584. The molecular formula is C16H17ClN2O. The number of carbonyl (C=O) groups excluding carboxylic acids is 1. The summed E-state index contributed by atoms with van der Waals surface area (Å²) in [6.07, 6.45) is 4.36. The maximum absolute atomic E-state index is 12.4. The number of hydrogen-bond acceptors (Lipinski definition) is 2. The van der Waals surface area contributed by atoms with Gasteiger partial charge in [0.25, 0.3) is 5.91 Å². The molecule has 104 valence electrons. The minimum absolute atomic E-state index is 0.0176. The molecule has 4 heteroatoms. The Morgan fingerprint density at radius 2 is 2.00 bits per heavy atom. The van der Waals surface area contributed by atoms with E-state index in [4.69, 9.17) is 11.6 Å². The van der Waals surface area contributed by atoms with E-state index in [1.807, 2.05) is 24.0 Å². The van der Waals surface area contributed by atoms with E-state index in [0.29, 0.717) is 23.7 Å². The van der Waals surface area contributed by atoms with E-state index < -0.39 is 0 Å². The SMILES string of the molecule is CCN(CCc1ccncc1)C(=O)c1cccc(Cl)c1. The van der Waals surface area contributed by atoms with Crippen LogP contribution in [0, 0.1) is 0 Å². The van der Waals surface area contributed by atoms with Crippen LogP contribution in [0.25, 0.3) is 0 Å². The molecule has 0 fully saturated rings. The topological polar surface area (TPSA) is 33.2 Å². The van der Waals surface area contributed by atoms with Gasteiger partial charge in [-0.15, -0.1) is 0 Å². The number of halogens is 1. The molecule has 0 aliphatic heterocycles. The molecule has 0 radical (unpaired) electrons. The summed E-state index contributed by atoms with van der Waals surface area (Å²) in [6, 6.07) is 11.0.